The number of carbonyl (C=O) groups is 3. The molecule has 1 unspecified atom stereocenters. The third-order valence-electron chi connectivity index (χ3n) is 10.7. The first kappa shape index (κ1) is 58.2. The topological polar surface area (TPSA) is 253 Å². The van der Waals surface area contributed by atoms with Crippen LogP contribution in [0.25, 0.3) is 0 Å². The number of carbonyl (C=O) groups excluding carboxylic acids is 3. The lowest BCUT2D eigenvalue weighted by molar-refractivity contribution is -0.161. The highest BCUT2D eigenvalue weighted by Crippen LogP contribution is 2.44. The number of aliphatic hydroxyl groups is 3. The number of unbranched alkanes of at least 4 members (excludes halogenated alkanes) is 16. The van der Waals surface area contributed by atoms with Crippen molar-refractivity contribution < 1.29 is 76.6 Å². The van der Waals surface area contributed by atoms with Gasteiger partial charge in [0.25, 0.3) is 0 Å². The Hall–Kier alpha value is -1.81. The van der Waals surface area contributed by atoms with E-state index in [1.807, 2.05) is 0 Å². The number of ketones is 1. The minimum Gasteiger partial charge on any atom is -0.462 e. The average Bonchev–Trinajstić information content (AvgIpc) is 3.49. The van der Waals surface area contributed by atoms with Gasteiger partial charge in [-0.1, -0.05) is 128 Å². The summed E-state index contributed by atoms with van der Waals surface area (Å²) < 4.78 is 47.8. The van der Waals surface area contributed by atoms with Gasteiger partial charge in [-0.3, -0.25) is 28.0 Å². The van der Waals surface area contributed by atoms with Crippen LogP contribution in [0, 0.1) is 11.8 Å². The maximum absolute atomic E-state index is 12.7. The maximum Gasteiger partial charge on any atom is 0.472 e. The van der Waals surface area contributed by atoms with E-state index < -0.39 is 78.4 Å². The molecule has 0 spiro atoms. The predicted octanol–water partition coefficient (Wildman–Crippen LogP) is 8.49. The smallest absolute Gasteiger partial charge is 0.462 e. The molecule has 0 aromatic heterocycles. The van der Waals surface area contributed by atoms with Gasteiger partial charge in [0, 0.05) is 31.1 Å². The molecular weight excluding hydrogens is 846 g/mol. The summed E-state index contributed by atoms with van der Waals surface area (Å²) in [6, 6.07) is 0. The first-order chi connectivity index (χ1) is 29.6. The van der Waals surface area contributed by atoms with Crippen molar-refractivity contribution in [3.63, 3.8) is 0 Å². The zero-order valence-electron chi connectivity index (χ0n) is 37.4. The molecule has 1 aliphatic carbocycles. The standard InChI is InChI=1S/C44H80O16P2/c1-3-5-7-8-9-10-11-12-13-14-15-16-17-18-24-28-44(50)60-38(35-59-62(54,55)58-33-37(46)32-57-61(51,52)53)34-56-43(49)27-23-20-19-22-26-39-40(42(48)31-41(39)47)30-29-36(45)25-21-6-4-2/h12-13,29-30,36-40,42,45-46,48H,3-11,14-28,31-35H2,1-2H3,(H,54,55)(H2,51,52,53)/b13-12-,30-29+/t36-,37-,38+,39+,40+,42+/m0/s1. The quantitative estimate of drug-likeness (QED) is 0.0146. The first-order valence-electron chi connectivity index (χ1n) is 23.1. The van der Waals surface area contributed by atoms with E-state index in [0.29, 0.717) is 38.5 Å². The molecule has 7 atom stereocenters. The van der Waals surface area contributed by atoms with E-state index in [1.54, 1.807) is 12.2 Å². The Balaban J connectivity index is 2.52. The molecule has 0 bridgehead atoms. The Morgan fingerprint density at radius 3 is 1.85 bits per heavy atom. The van der Waals surface area contributed by atoms with Crippen LogP contribution in [0.4, 0.5) is 0 Å². The van der Waals surface area contributed by atoms with Gasteiger partial charge in [0.1, 0.15) is 18.5 Å². The van der Waals surface area contributed by atoms with Crippen LogP contribution in [0.2, 0.25) is 0 Å². The maximum atomic E-state index is 12.7. The third-order valence-corrected chi connectivity index (χ3v) is 12.1. The van der Waals surface area contributed by atoms with Gasteiger partial charge in [-0.05, 0) is 51.4 Å². The van der Waals surface area contributed by atoms with E-state index in [9.17, 15) is 43.7 Å². The number of rotatable bonds is 40. The normalized spacial score (nSPS) is 19.5. The second kappa shape index (κ2) is 35.5. The fraction of sp³-hybridized carbons (Fsp3) is 0.841. The number of ether oxygens (including phenoxy) is 2. The molecule has 1 fully saturated rings. The summed E-state index contributed by atoms with van der Waals surface area (Å²) >= 11 is 0. The number of aliphatic hydroxyl groups excluding tert-OH is 3. The van der Waals surface area contributed by atoms with E-state index in [-0.39, 0.29) is 36.9 Å². The van der Waals surface area contributed by atoms with Crippen molar-refractivity contribution in [2.75, 3.05) is 26.4 Å². The third kappa shape index (κ3) is 31.9. The lowest BCUT2D eigenvalue weighted by Crippen LogP contribution is -2.30. The van der Waals surface area contributed by atoms with Gasteiger partial charge in [0.2, 0.25) is 0 Å². The molecule has 0 radical (unpaired) electrons. The molecule has 1 saturated carbocycles. The molecule has 1 rings (SSSR count). The van der Waals surface area contributed by atoms with Crippen molar-refractivity contribution in [3.05, 3.63) is 24.3 Å². The minimum absolute atomic E-state index is 0.0117. The van der Waals surface area contributed by atoms with Gasteiger partial charge in [-0.25, -0.2) is 9.13 Å². The zero-order chi connectivity index (χ0) is 46.1. The Labute approximate surface area is 370 Å². The van der Waals surface area contributed by atoms with Gasteiger partial charge in [-0.15, -0.1) is 0 Å². The van der Waals surface area contributed by atoms with Crippen molar-refractivity contribution in [3.8, 4) is 0 Å². The molecule has 16 nitrogen and oxygen atoms in total. The summed E-state index contributed by atoms with van der Waals surface area (Å²) in [7, 11) is -9.76. The molecule has 0 aromatic carbocycles. The second-order valence-corrected chi connectivity index (χ2v) is 19.1. The fourth-order valence-corrected chi connectivity index (χ4v) is 8.28. The van der Waals surface area contributed by atoms with Crippen LogP contribution in [0.5, 0.6) is 0 Å². The SMILES string of the molecule is CCCCCCCC/C=C\CCCCCCCC(=O)O[C@H](COC(=O)CCCCCC[C@H]1C(=O)C[C@@H](O)[C@@H]1/C=C/[C@@H](O)CCCCC)COP(=O)(O)OC[C@@H](O)COP(=O)(O)O. The highest BCUT2D eigenvalue weighted by molar-refractivity contribution is 7.47. The molecule has 62 heavy (non-hydrogen) atoms. The van der Waals surface area contributed by atoms with Crippen LogP contribution in [0.1, 0.15) is 174 Å². The molecule has 0 aromatic rings. The molecule has 0 saturated heterocycles. The Bertz CT molecular complexity index is 1350. The van der Waals surface area contributed by atoms with Crippen LogP contribution in [0.15, 0.2) is 24.3 Å². The van der Waals surface area contributed by atoms with Crippen LogP contribution in [-0.4, -0.2) is 98.6 Å². The summed E-state index contributed by atoms with van der Waals surface area (Å²) in [6.45, 7) is 1.39. The summed E-state index contributed by atoms with van der Waals surface area (Å²) in [4.78, 5) is 65.6. The largest absolute Gasteiger partial charge is 0.472 e. The van der Waals surface area contributed by atoms with E-state index in [1.165, 1.54) is 38.5 Å². The number of esters is 2. The summed E-state index contributed by atoms with van der Waals surface area (Å²) in [6.07, 6.45) is 25.0. The van der Waals surface area contributed by atoms with Crippen molar-refractivity contribution in [1.82, 2.24) is 0 Å². The summed E-state index contributed by atoms with van der Waals surface area (Å²) in [5.41, 5.74) is 0. The van der Waals surface area contributed by atoms with E-state index in [2.05, 4.69) is 35.0 Å². The minimum atomic E-state index is -4.89. The molecule has 0 amide bonds. The number of Topliss-reactive ketones (excluding diaryl/α,β-unsaturated/α-hetero) is 1. The average molecular weight is 927 g/mol. The summed E-state index contributed by atoms with van der Waals surface area (Å²) in [5.74, 6) is -1.84. The molecule has 6 N–H and O–H groups in total. The molecule has 18 heteroatoms. The molecule has 0 heterocycles. The van der Waals surface area contributed by atoms with Crippen LogP contribution in [0.3, 0.4) is 0 Å². The van der Waals surface area contributed by atoms with E-state index in [4.69, 9.17) is 23.8 Å². The zero-order valence-corrected chi connectivity index (χ0v) is 39.2. The van der Waals surface area contributed by atoms with Crippen molar-refractivity contribution in [1.29, 1.82) is 0 Å². The fourth-order valence-electron chi connectivity index (χ4n) is 7.12. The number of phosphoric acid groups is 2. The van der Waals surface area contributed by atoms with Crippen LogP contribution >= 0.6 is 15.6 Å². The monoisotopic (exact) mass is 926 g/mol. The van der Waals surface area contributed by atoms with Crippen LogP contribution < -0.4 is 0 Å². The first-order valence-corrected chi connectivity index (χ1v) is 26.2. The second-order valence-electron chi connectivity index (χ2n) is 16.5. The van der Waals surface area contributed by atoms with E-state index in [0.717, 1.165) is 64.2 Å². The van der Waals surface area contributed by atoms with Gasteiger partial charge in [-0.2, -0.15) is 0 Å². The highest BCUT2D eigenvalue weighted by Gasteiger charge is 2.39. The highest BCUT2D eigenvalue weighted by atomic mass is 31.2. The number of hydrogen-bond acceptors (Lipinski definition) is 13. The van der Waals surface area contributed by atoms with Crippen LogP contribution in [-0.2, 0) is 46.6 Å². The molecule has 362 valence electrons. The van der Waals surface area contributed by atoms with Gasteiger partial charge in [0.05, 0.1) is 32.0 Å². The van der Waals surface area contributed by atoms with Gasteiger partial charge < -0.3 is 39.5 Å². The van der Waals surface area contributed by atoms with Crippen molar-refractivity contribution in [2.24, 2.45) is 11.8 Å². The Morgan fingerprint density at radius 2 is 1.23 bits per heavy atom. The van der Waals surface area contributed by atoms with Crippen molar-refractivity contribution in [2.45, 2.75) is 199 Å². The summed E-state index contributed by atoms with van der Waals surface area (Å²) in [5, 5.41) is 30.5. The predicted molar refractivity (Wildman–Crippen MR) is 236 cm³/mol. The number of hydrogen-bond donors (Lipinski definition) is 6. The number of phosphoric ester groups is 2. The van der Waals surface area contributed by atoms with E-state index >= 15 is 0 Å². The lowest BCUT2D eigenvalue weighted by Gasteiger charge is -2.20. The van der Waals surface area contributed by atoms with Gasteiger partial charge in [0.15, 0.2) is 6.10 Å². The molecule has 0 aliphatic heterocycles. The Morgan fingerprint density at radius 1 is 0.694 bits per heavy atom. The Kier molecular flexibility index (Phi) is 33.3. The molecule has 1 aliphatic rings. The van der Waals surface area contributed by atoms with Crippen molar-refractivity contribution >= 4 is 33.4 Å². The molecular formula is C44H80O16P2. The number of allylic oxidation sites excluding steroid dienone is 2. The van der Waals surface area contributed by atoms with Gasteiger partial charge >= 0.3 is 27.6 Å². The lowest BCUT2D eigenvalue weighted by atomic mass is 9.88.